The molecular formula is C44H78NO10P. The van der Waals surface area contributed by atoms with Crippen LogP contribution >= 0.6 is 7.82 Å². The Balaban J connectivity index is 4.58. The molecule has 2 N–H and O–H groups in total. The van der Waals surface area contributed by atoms with Crippen LogP contribution in [-0.2, 0) is 32.7 Å². The van der Waals surface area contributed by atoms with Crippen LogP contribution in [-0.4, -0.2) is 92.5 Å². The van der Waals surface area contributed by atoms with Gasteiger partial charge in [0, 0.05) is 12.8 Å². The van der Waals surface area contributed by atoms with Gasteiger partial charge >= 0.3 is 11.9 Å². The molecular weight excluding hydrogens is 733 g/mol. The van der Waals surface area contributed by atoms with E-state index in [2.05, 4.69) is 68.5 Å². The largest absolute Gasteiger partial charge is 0.756 e. The van der Waals surface area contributed by atoms with Crippen LogP contribution in [0.1, 0.15) is 142 Å². The second-order valence-electron chi connectivity index (χ2n) is 15.3. The molecule has 11 nitrogen and oxygen atoms in total. The molecule has 0 spiro atoms. The molecule has 0 bridgehead atoms. The third-order valence-corrected chi connectivity index (χ3v) is 9.69. The Labute approximate surface area is 340 Å². The molecule has 0 fully saturated rings. The summed E-state index contributed by atoms with van der Waals surface area (Å²) in [6, 6.07) is 0. The van der Waals surface area contributed by atoms with Gasteiger partial charge in [-0.1, -0.05) is 113 Å². The highest BCUT2D eigenvalue weighted by Crippen LogP contribution is 2.38. The van der Waals surface area contributed by atoms with Crippen LogP contribution < -0.4 is 4.89 Å². The van der Waals surface area contributed by atoms with Gasteiger partial charge in [-0.3, -0.25) is 14.2 Å². The van der Waals surface area contributed by atoms with E-state index in [4.69, 9.17) is 18.5 Å². The van der Waals surface area contributed by atoms with Gasteiger partial charge in [0.15, 0.2) is 6.10 Å². The lowest BCUT2D eigenvalue weighted by atomic mass is 10.0. The zero-order valence-corrected chi connectivity index (χ0v) is 36.4. The molecule has 0 amide bonds. The normalized spacial score (nSPS) is 15.4. The third-order valence-electron chi connectivity index (χ3n) is 8.72. The topological polar surface area (TPSA) is 152 Å². The first kappa shape index (κ1) is 53.6. The Hall–Kier alpha value is -2.37. The molecule has 4 atom stereocenters. The third kappa shape index (κ3) is 37.2. The molecule has 0 aliphatic carbocycles. The van der Waals surface area contributed by atoms with Crippen molar-refractivity contribution in [1.82, 2.24) is 0 Å². The number of rotatable bonds is 37. The average Bonchev–Trinajstić information content (AvgIpc) is 3.14. The minimum Gasteiger partial charge on any atom is -0.756 e. The molecule has 0 saturated heterocycles. The van der Waals surface area contributed by atoms with E-state index < -0.39 is 44.7 Å². The number of phosphoric acid groups is 1. The molecule has 0 aromatic carbocycles. The maximum Gasteiger partial charge on any atom is 0.306 e. The summed E-state index contributed by atoms with van der Waals surface area (Å²) in [6.45, 7) is 3.80. The van der Waals surface area contributed by atoms with Crippen LogP contribution in [0.15, 0.2) is 60.8 Å². The van der Waals surface area contributed by atoms with Crippen LogP contribution in [0, 0.1) is 0 Å². The predicted molar refractivity (Wildman–Crippen MR) is 225 cm³/mol. The number of aliphatic hydroxyl groups excluding tert-OH is 2. The zero-order chi connectivity index (χ0) is 41.8. The number of nitrogens with zero attached hydrogens (tertiary/aromatic N) is 1. The van der Waals surface area contributed by atoms with Crippen LogP contribution in [0.5, 0.6) is 0 Å². The first-order valence-corrected chi connectivity index (χ1v) is 22.6. The molecule has 1 unspecified atom stereocenters. The summed E-state index contributed by atoms with van der Waals surface area (Å²) in [4.78, 5) is 37.5. The highest BCUT2D eigenvalue weighted by atomic mass is 31.2. The fraction of sp³-hybridized carbons (Fsp3) is 0.727. The van der Waals surface area contributed by atoms with Gasteiger partial charge in [0.1, 0.15) is 19.8 Å². The summed E-state index contributed by atoms with van der Waals surface area (Å²) >= 11 is 0. The Morgan fingerprint density at radius 1 is 0.661 bits per heavy atom. The fourth-order valence-electron chi connectivity index (χ4n) is 5.25. The predicted octanol–water partition coefficient (Wildman–Crippen LogP) is 8.99. The van der Waals surface area contributed by atoms with E-state index >= 15 is 0 Å². The van der Waals surface area contributed by atoms with Crippen molar-refractivity contribution < 1.29 is 52.3 Å². The van der Waals surface area contributed by atoms with E-state index in [0.717, 1.165) is 77.0 Å². The van der Waals surface area contributed by atoms with Crippen molar-refractivity contribution in [2.45, 2.75) is 161 Å². The Bertz CT molecular complexity index is 1180. The number of unbranched alkanes of at least 4 members (excludes halogenated alkanes) is 9. The monoisotopic (exact) mass is 812 g/mol. The van der Waals surface area contributed by atoms with Gasteiger partial charge in [0.2, 0.25) is 0 Å². The summed E-state index contributed by atoms with van der Waals surface area (Å²) in [5, 5.41) is 20.4. The van der Waals surface area contributed by atoms with Crippen molar-refractivity contribution in [3.63, 3.8) is 0 Å². The summed E-state index contributed by atoms with van der Waals surface area (Å²) < 4.78 is 33.7. The Kier molecular flexibility index (Phi) is 34.3. The number of esters is 2. The van der Waals surface area contributed by atoms with E-state index in [1.165, 1.54) is 12.8 Å². The Morgan fingerprint density at radius 2 is 1.21 bits per heavy atom. The number of likely N-dealkylation sites (N-methyl/N-ethyl adjacent to an activating group) is 1. The van der Waals surface area contributed by atoms with Crippen LogP contribution in [0.4, 0.5) is 0 Å². The minimum atomic E-state index is -4.67. The first-order chi connectivity index (χ1) is 26.8. The van der Waals surface area contributed by atoms with E-state index in [1.54, 1.807) is 0 Å². The molecule has 324 valence electrons. The number of quaternary nitrogens is 1. The number of phosphoric ester groups is 1. The van der Waals surface area contributed by atoms with Crippen LogP contribution in [0.3, 0.4) is 0 Å². The summed E-state index contributed by atoms with van der Waals surface area (Å²) in [5.74, 6) is -1.00. The maximum absolute atomic E-state index is 12.6. The van der Waals surface area contributed by atoms with E-state index in [1.807, 2.05) is 27.2 Å². The first-order valence-electron chi connectivity index (χ1n) is 21.2. The number of aliphatic hydroxyl groups is 2. The van der Waals surface area contributed by atoms with Crippen molar-refractivity contribution in [1.29, 1.82) is 0 Å². The molecule has 0 aromatic heterocycles. The van der Waals surface area contributed by atoms with Crippen LogP contribution in [0.25, 0.3) is 0 Å². The van der Waals surface area contributed by atoms with E-state index in [9.17, 15) is 29.3 Å². The summed E-state index contributed by atoms with van der Waals surface area (Å²) in [5.41, 5.74) is 0. The second kappa shape index (κ2) is 35.8. The van der Waals surface area contributed by atoms with Gasteiger partial charge in [0.05, 0.1) is 40.0 Å². The SMILES string of the molecule is CC/C=C\C/C=C\C/C=C\C/C=C\CCCCC(=O)O[C@H](COC(=O)CCCCCCC[C@@H](O)[C@H](O)C/C=C\CCCCC)COP(=O)([O-])OCC[N+](C)(C)C. The highest BCUT2D eigenvalue weighted by Gasteiger charge is 2.22. The van der Waals surface area contributed by atoms with Crippen molar-refractivity contribution in [3.8, 4) is 0 Å². The number of allylic oxidation sites excluding steroid dienone is 9. The smallest absolute Gasteiger partial charge is 0.306 e. The van der Waals surface area contributed by atoms with Crippen molar-refractivity contribution in [2.24, 2.45) is 0 Å². The lowest BCUT2D eigenvalue weighted by molar-refractivity contribution is -0.870. The zero-order valence-electron chi connectivity index (χ0n) is 35.5. The van der Waals surface area contributed by atoms with Gasteiger partial charge in [-0.2, -0.15) is 0 Å². The number of carbonyl (C=O) groups excluding carboxylic acids is 2. The number of hydrogen-bond acceptors (Lipinski definition) is 10. The maximum atomic E-state index is 12.6. The molecule has 0 aliphatic heterocycles. The Morgan fingerprint density at radius 3 is 1.86 bits per heavy atom. The van der Waals surface area contributed by atoms with Gasteiger partial charge in [-0.05, 0) is 77.0 Å². The molecule has 0 rings (SSSR count). The number of hydrogen-bond donors (Lipinski definition) is 2. The molecule has 56 heavy (non-hydrogen) atoms. The standard InChI is InChI=1S/C44H78NO10P/c1-6-8-10-12-14-15-16-17-18-19-20-21-22-26-31-35-44(49)55-40(39-54-56(50,51)53-37-36-45(3,4)5)38-52-43(48)34-30-27-23-25-29-33-42(47)41(46)32-28-24-13-11-9-7-2/h8,10,14-15,17-18,20-21,24,28,40-42,46-47H,6-7,9,11-13,16,19,22-23,25-27,29-39H2,1-5H3/b10-8-,15-14-,18-17-,21-20-,28-24-/t40-,41-,42-/m1/s1. The van der Waals surface area contributed by atoms with E-state index in [-0.39, 0.29) is 26.1 Å². The van der Waals surface area contributed by atoms with Gasteiger partial charge in [-0.25, -0.2) is 0 Å². The highest BCUT2D eigenvalue weighted by molar-refractivity contribution is 7.45. The molecule has 12 heteroatoms. The van der Waals surface area contributed by atoms with Crippen molar-refractivity contribution in [2.75, 3.05) is 47.5 Å². The number of carbonyl (C=O) groups is 2. The lowest BCUT2D eigenvalue weighted by Gasteiger charge is -2.28. The number of ether oxygens (including phenoxy) is 2. The van der Waals surface area contributed by atoms with Crippen molar-refractivity contribution in [3.05, 3.63) is 60.8 Å². The van der Waals surface area contributed by atoms with Crippen molar-refractivity contribution >= 4 is 19.8 Å². The molecule has 0 heterocycles. The molecule has 0 saturated carbocycles. The van der Waals surface area contributed by atoms with Gasteiger partial charge < -0.3 is 38.1 Å². The fourth-order valence-corrected chi connectivity index (χ4v) is 5.98. The van der Waals surface area contributed by atoms with E-state index in [0.29, 0.717) is 36.7 Å². The summed E-state index contributed by atoms with van der Waals surface area (Å²) in [6.07, 6.45) is 34.2. The molecule has 0 aromatic rings. The lowest BCUT2D eigenvalue weighted by Crippen LogP contribution is -2.37. The van der Waals surface area contributed by atoms with Gasteiger partial charge in [-0.15, -0.1) is 0 Å². The average molecular weight is 812 g/mol. The quantitative estimate of drug-likeness (QED) is 0.0205. The second-order valence-corrected chi connectivity index (χ2v) is 16.7. The van der Waals surface area contributed by atoms with Gasteiger partial charge in [0.25, 0.3) is 7.82 Å². The van der Waals surface area contributed by atoms with Crippen LogP contribution in [0.2, 0.25) is 0 Å². The summed E-state index contributed by atoms with van der Waals surface area (Å²) in [7, 11) is 1.04. The molecule has 0 radical (unpaired) electrons. The molecule has 0 aliphatic rings. The minimum absolute atomic E-state index is 0.0671.